The Morgan fingerprint density at radius 1 is 0.935 bits per heavy atom. The number of aromatic nitrogens is 1. The predicted molar refractivity (Wildman–Crippen MR) is 142 cm³/mol. The molecule has 5 aromatic rings. The Bertz CT molecular complexity index is 1560. The summed E-state index contributed by atoms with van der Waals surface area (Å²) in [5.74, 6) is 7.65. The molecule has 0 N–H and O–H groups in total. The van der Waals surface area contributed by atoms with E-state index in [-0.39, 0.29) is 12.2 Å². The number of thiophene rings is 1. The quantitative estimate of drug-likeness (QED) is 0.234. The van der Waals surface area contributed by atoms with Gasteiger partial charge >= 0.3 is 195 Å². The first kappa shape index (κ1) is 18.4. The van der Waals surface area contributed by atoms with Gasteiger partial charge in [0.25, 0.3) is 0 Å². The van der Waals surface area contributed by atoms with Gasteiger partial charge in [0.15, 0.2) is 0 Å². The fourth-order valence-electron chi connectivity index (χ4n) is 4.74. The second-order valence-corrected chi connectivity index (χ2v) is 21.4. The van der Waals surface area contributed by atoms with Crippen LogP contribution in [0.5, 0.6) is 0 Å². The average molecular weight is 486 g/mol. The van der Waals surface area contributed by atoms with Crippen molar-refractivity contribution in [3.8, 4) is 11.3 Å². The van der Waals surface area contributed by atoms with Crippen LogP contribution in [0.15, 0.2) is 60.7 Å². The van der Waals surface area contributed by atoms with E-state index in [9.17, 15) is 0 Å². The third-order valence-electron chi connectivity index (χ3n) is 6.27. The summed E-state index contributed by atoms with van der Waals surface area (Å²) in [6.45, 7) is 6.67. The molecule has 0 aliphatic carbocycles. The van der Waals surface area contributed by atoms with Crippen LogP contribution < -0.4 is 4.40 Å². The van der Waals surface area contributed by atoms with Crippen molar-refractivity contribution in [2.24, 2.45) is 0 Å². The summed E-state index contributed by atoms with van der Waals surface area (Å²) in [5.41, 5.74) is 4.51. The van der Waals surface area contributed by atoms with Gasteiger partial charge in [0.1, 0.15) is 0 Å². The maximum absolute atomic E-state index is 8.70. The van der Waals surface area contributed by atoms with Crippen molar-refractivity contribution < 1.29 is 2.74 Å². The molecule has 0 unspecified atom stereocenters. The number of benzene rings is 3. The van der Waals surface area contributed by atoms with Crippen LogP contribution in [-0.2, 0) is 0 Å². The van der Waals surface area contributed by atoms with Crippen LogP contribution in [0.2, 0.25) is 17.3 Å². The summed E-state index contributed by atoms with van der Waals surface area (Å²) in [7, 11) is 0. The summed E-state index contributed by atoms with van der Waals surface area (Å²) >= 11 is -0.280. The molecule has 0 aliphatic rings. The molecule has 0 bridgehead atoms. The predicted octanol–water partition coefficient (Wildman–Crippen LogP) is 8.25. The third-order valence-corrected chi connectivity index (χ3v) is 12.1. The molecule has 0 saturated heterocycles. The minimum atomic E-state index is -2.03. The van der Waals surface area contributed by atoms with Gasteiger partial charge in [-0.15, -0.1) is 0 Å². The monoisotopic (exact) mass is 487 g/mol. The van der Waals surface area contributed by atoms with Crippen molar-refractivity contribution in [1.29, 1.82) is 0 Å². The molecule has 2 heterocycles. The SMILES string of the molecule is [2H]c1nc(-c2cc(C(C)C)c3ccccc3c2)c2sc3c(C)[c]([Ge]([CH3])([CH3])[CH3])ccc3c2c1[2H]. The molecule has 3 heteroatoms. The van der Waals surface area contributed by atoms with Crippen LogP contribution in [-0.4, -0.2) is 18.3 Å². The van der Waals surface area contributed by atoms with Gasteiger partial charge in [0.05, 0.1) is 0 Å². The Labute approximate surface area is 194 Å². The average Bonchev–Trinajstić information content (AvgIpc) is 3.15. The summed E-state index contributed by atoms with van der Waals surface area (Å²) in [6, 6.07) is 17.6. The number of pyridine rings is 1. The maximum atomic E-state index is 8.70. The summed E-state index contributed by atoms with van der Waals surface area (Å²) < 4.78 is 21.0. The number of hydrogen-bond acceptors (Lipinski definition) is 2. The van der Waals surface area contributed by atoms with Gasteiger partial charge in [-0.2, -0.15) is 0 Å². The summed E-state index contributed by atoms with van der Waals surface area (Å²) in [5, 5.41) is 4.43. The van der Waals surface area contributed by atoms with Crippen LogP contribution in [0.3, 0.4) is 0 Å². The number of rotatable bonds is 3. The van der Waals surface area contributed by atoms with E-state index in [4.69, 9.17) is 2.74 Å². The van der Waals surface area contributed by atoms with E-state index in [0.29, 0.717) is 5.92 Å². The van der Waals surface area contributed by atoms with Gasteiger partial charge in [0.2, 0.25) is 0 Å². The van der Waals surface area contributed by atoms with Gasteiger partial charge in [0, 0.05) is 0 Å². The van der Waals surface area contributed by atoms with E-state index in [1.165, 1.54) is 31.0 Å². The van der Waals surface area contributed by atoms with E-state index in [1.807, 2.05) is 0 Å². The zero-order valence-corrected chi connectivity index (χ0v) is 22.0. The Kier molecular flexibility index (Phi) is 4.43. The fourth-order valence-corrected chi connectivity index (χ4v) is 10.0. The molecule has 0 radical (unpaired) electrons. The zero-order valence-electron chi connectivity index (χ0n) is 21.1. The van der Waals surface area contributed by atoms with E-state index in [2.05, 4.69) is 91.6 Å². The topological polar surface area (TPSA) is 12.9 Å². The molecule has 0 saturated carbocycles. The van der Waals surface area contributed by atoms with Crippen LogP contribution in [0.4, 0.5) is 0 Å². The normalized spacial score (nSPS) is 13.4. The Balaban J connectivity index is 1.89. The molecular weight excluding hydrogens is 455 g/mol. The van der Waals surface area contributed by atoms with Gasteiger partial charge in [-0.1, -0.05) is 0 Å². The summed E-state index contributed by atoms with van der Waals surface area (Å²) in [6.07, 6.45) is 0.0478. The van der Waals surface area contributed by atoms with Crippen molar-refractivity contribution in [3.63, 3.8) is 0 Å². The first-order valence-corrected chi connectivity index (χ1v) is 19.1. The van der Waals surface area contributed by atoms with Crippen molar-refractivity contribution in [2.75, 3.05) is 0 Å². The molecule has 1 nitrogen and oxygen atoms in total. The van der Waals surface area contributed by atoms with E-state index in [1.54, 1.807) is 11.3 Å². The van der Waals surface area contributed by atoms with E-state index >= 15 is 0 Å². The Hall–Kier alpha value is -2.17. The Morgan fingerprint density at radius 2 is 1.71 bits per heavy atom. The van der Waals surface area contributed by atoms with Gasteiger partial charge in [-0.05, 0) is 0 Å². The van der Waals surface area contributed by atoms with E-state index < -0.39 is 13.3 Å². The molecule has 2 aromatic heterocycles. The van der Waals surface area contributed by atoms with Gasteiger partial charge < -0.3 is 0 Å². The van der Waals surface area contributed by atoms with Gasteiger partial charge in [-0.3, -0.25) is 0 Å². The molecule has 0 aliphatic heterocycles. The van der Waals surface area contributed by atoms with Crippen molar-refractivity contribution in [1.82, 2.24) is 4.98 Å². The molecular formula is C28H29GeNS. The van der Waals surface area contributed by atoms with Crippen LogP contribution >= 0.6 is 11.3 Å². The Morgan fingerprint density at radius 3 is 2.45 bits per heavy atom. The molecule has 156 valence electrons. The third kappa shape index (κ3) is 3.41. The first-order valence-electron chi connectivity index (χ1n) is 11.9. The first-order chi connectivity index (χ1) is 15.6. The number of hydrogen-bond donors (Lipinski definition) is 0. The van der Waals surface area contributed by atoms with Crippen molar-refractivity contribution in [3.05, 3.63) is 71.9 Å². The van der Waals surface area contributed by atoms with Crippen molar-refractivity contribution in [2.45, 2.75) is 44.0 Å². The molecule has 3 aromatic carbocycles. The summed E-state index contributed by atoms with van der Waals surface area (Å²) in [4.78, 5) is 4.68. The molecule has 0 atom stereocenters. The molecule has 5 rings (SSSR count). The second kappa shape index (κ2) is 7.46. The van der Waals surface area contributed by atoms with Crippen LogP contribution in [0.25, 0.3) is 42.2 Å². The standard InChI is InChI=1S/C28H29GeNS/c1-17(2)24-16-20(15-19-9-7-8-10-21(19)24)26-28-23(13-14-30-26)22-11-12-25(29(4,5)6)18(3)27(22)31-28/h7-17H,1-6H3/i13D,14D. The number of nitrogens with zero attached hydrogens (tertiary/aromatic N) is 1. The van der Waals surface area contributed by atoms with Crippen molar-refractivity contribution >= 4 is 59.9 Å². The van der Waals surface area contributed by atoms with Crippen LogP contribution in [0, 0.1) is 6.92 Å². The molecule has 31 heavy (non-hydrogen) atoms. The molecule has 0 spiro atoms. The zero-order chi connectivity index (χ0) is 23.7. The second-order valence-electron chi connectivity index (χ2n) is 9.81. The van der Waals surface area contributed by atoms with E-state index in [0.717, 1.165) is 26.7 Å². The number of fused-ring (bicyclic) bond motifs is 4. The minimum absolute atomic E-state index is 0.0478. The molecule has 0 amide bonds. The molecule has 0 fully saturated rings. The number of aryl methyl sites for hydroxylation is 1. The van der Waals surface area contributed by atoms with Gasteiger partial charge in [-0.25, -0.2) is 0 Å². The fraction of sp³-hybridized carbons (Fsp3) is 0.250. The van der Waals surface area contributed by atoms with Crippen LogP contribution in [0.1, 0.15) is 33.6 Å².